The Bertz CT molecular complexity index is 584. The maximum absolute atomic E-state index is 12.0. The fourth-order valence-electron chi connectivity index (χ4n) is 2.30. The molecule has 1 aliphatic heterocycles. The molecule has 20 heavy (non-hydrogen) atoms. The predicted molar refractivity (Wildman–Crippen MR) is 86.2 cm³/mol. The molecule has 2 aromatic rings. The standard InChI is InChI=1S/C15H16N2OS.ClH/c18-15(17-6-3-11-5-8-19-10-11)13-1-2-14-12(9-13)4-7-16-14;/h1-2,5,8-10,16H,3-4,6-7H2,(H,17,18);1H. The van der Waals surface area contributed by atoms with Crippen LogP contribution in [-0.2, 0) is 12.8 Å². The van der Waals surface area contributed by atoms with Gasteiger partial charge in [-0.25, -0.2) is 0 Å². The van der Waals surface area contributed by atoms with Crippen LogP contribution in [-0.4, -0.2) is 19.0 Å². The van der Waals surface area contributed by atoms with Gasteiger partial charge in [-0.2, -0.15) is 11.3 Å². The SMILES string of the molecule is Cl.O=C(NCCc1ccsc1)c1ccc2c(c1)CCN2. The van der Waals surface area contributed by atoms with Gasteiger partial charge < -0.3 is 10.6 Å². The van der Waals surface area contributed by atoms with Gasteiger partial charge in [0, 0.05) is 24.3 Å². The van der Waals surface area contributed by atoms with Gasteiger partial charge in [0.25, 0.3) is 5.91 Å². The van der Waals surface area contributed by atoms with Gasteiger partial charge in [0.05, 0.1) is 0 Å². The van der Waals surface area contributed by atoms with Gasteiger partial charge in [-0.3, -0.25) is 4.79 Å². The molecule has 1 aliphatic rings. The third-order valence-electron chi connectivity index (χ3n) is 3.36. The molecule has 0 fully saturated rings. The molecule has 0 saturated heterocycles. The highest BCUT2D eigenvalue weighted by Gasteiger charge is 2.13. The quantitative estimate of drug-likeness (QED) is 0.911. The van der Waals surface area contributed by atoms with Crippen molar-refractivity contribution in [1.29, 1.82) is 0 Å². The van der Waals surface area contributed by atoms with Crippen molar-refractivity contribution in [2.45, 2.75) is 12.8 Å². The Labute approximate surface area is 128 Å². The number of hydrogen-bond acceptors (Lipinski definition) is 3. The molecule has 5 heteroatoms. The van der Waals surface area contributed by atoms with Crippen LogP contribution < -0.4 is 10.6 Å². The fourth-order valence-corrected chi connectivity index (χ4v) is 3.01. The molecule has 0 radical (unpaired) electrons. The summed E-state index contributed by atoms with van der Waals surface area (Å²) in [5.74, 6) is 0.0185. The molecule has 2 N–H and O–H groups in total. The number of hydrogen-bond donors (Lipinski definition) is 2. The van der Waals surface area contributed by atoms with Crippen LogP contribution in [0.15, 0.2) is 35.0 Å². The summed E-state index contributed by atoms with van der Waals surface area (Å²) in [6, 6.07) is 7.97. The molecule has 106 valence electrons. The van der Waals surface area contributed by atoms with Gasteiger partial charge in [0.2, 0.25) is 0 Å². The first kappa shape index (κ1) is 14.9. The van der Waals surface area contributed by atoms with Crippen LogP contribution in [0.3, 0.4) is 0 Å². The third kappa shape index (κ3) is 3.32. The van der Waals surface area contributed by atoms with E-state index in [9.17, 15) is 4.79 Å². The van der Waals surface area contributed by atoms with Crippen molar-refractivity contribution in [2.75, 3.05) is 18.4 Å². The lowest BCUT2D eigenvalue weighted by Crippen LogP contribution is -2.25. The van der Waals surface area contributed by atoms with E-state index in [2.05, 4.69) is 27.5 Å². The summed E-state index contributed by atoms with van der Waals surface area (Å²) in [6.45, 7) is 1.66. The van der Waals surface area contributed by atoms with E-state index in [1.807, 2.05) is 18.2 Å². The van der Waals surface area contributed by atoms with Crippen LogP contribution in [0.25, 0.3) is 0 Å². The molecule has 0 saturated carbocycles. The number of fused-ring (bicyclic) bond motifs is 1. The van der Waals surface area contributed by atoms with E-state index in [0.717, 1.165) is 30.6 Å². The number of amides is 1. The molecule has 3 nitrogen and oxygen atoms in total. The van der Waals surface area contributed by atoms with Crippen LogP contribution in [0, 0.1) is 0 Å². The van der Waals surface area contributed by atoms with Crippen LogP contribution in [0.1, 0.15) is 21.5 Å². The number of carbonyl (C=O) groups excluding carboxylic acids is 1. The molecule has 0 aliphatic carbocycles. The van der Waals surface area contributed by atoms with Crippen molar-refractivity contribution in [3.05, 3.63) is 51.7 Å². The number of anilines is 1. The second kappa shape index (κ2) is 6.77. The largest absolute Gasteiger partial charge is 0.384 e. The van der Waals surface area contributed by atoms with E-state index in [4.69, 9.17) is 0 Å². The van der Waals surface area contributed by atoms with Crippen molar-refractivity contribution < 1.29 is 4.79 Å². The first-order valence-electron chi connectivity index (χ1n) is 6.49. The first-order valence-corrected chi connectivity index (χ1v) is 7.43. The first-order chi connectivity index (χ1) is 9.33. The summed E-state index contributed by atoms with van der Waals surface area (Å²) in [7, 11) is 0. The second-order valence-electron chi connectivity index (χ2n) is 4.69. The lowest BCUT2D eigenvalue weighted by molar-refractivity contribution is 0.0954. The number of rotatable bonds is 4. The zero-order valence-electron chi connectivity index (χ0n) is 11.0. The average molecular weight is 309 g/mol. The highest BCUT2D eigenvalue weighted by atomic mass is 35.5. The molecule has 3 rings (SSSR count). The number of benzene rings is 1. The molecular weight excluding hydrogens is 292 g/mol. The molecular formula is C15H17ClN2OS. The van der Waals surface area contributed by atoms with Crippen molar-refractivity contribution in [2.24, 2.45) is 0 Å². The number of halogens is 1. The average Bonchev–Trinajstić information content (AvgIpc) is 3.08. The van der Waals surface area contributed by atoms with Crippen molar-refractivity contribution in [3.63, 3.8) is 0 Å². The topological polar surface area (TPSA) is 41.1 Å². The summed E-state index contributed by atoms with van der Waals surface area (Å²) in [5, 5.41) is 10.4. The zero-order chi connectivity index (χ0) is 13.1. The maximum atomic E-state index is 12.0. The van der Waals surface area contributed by atoms with Crippen molar-refractivity contribution in [3.8, 4) is 0 Å². The van der Waals surface area contributed by atoms with E-state index in [1.54, 1.807) is 11.3 Å². The Kier molecular flexibility index (Phi) is 5.04. The van der Waals surface area contributed by atoms with Gasteiger partial charge in [0.15, 0.2) is 0 Å². The fraction of sp³-hybridized carbons (Fsp3) is 0.267. The Morgan fingerprint density at radius 3 is 3.05 bits per heavy atom. The van der Waals surface area contributed by atoms with Crippen LogP contribution in [0.5, 0.6) is 0 Å². The van der Waals surface area contributed by atoms with Gasteiger partial charge in [-0.05, 0) is 59.0 Å². The maximum Gasteiger partial charge on any atom is 0.251 e. The lowest BCUT2D eigenvalue weighted by Gasteiger charge is -2.06. The van der Waals surface area contributed by atoms with E-state index < -0.39 is 0 Å². The molecule has 1 aromatic carbocycles. The predicted octanol–water partition coefficient (Wildman–Crippen LogP) is 3.11. The lowest BCUT2D eigenvalue weighted by atomic mass is 10.1. The molecule has 1 amide bonds. The Morgan fingerprint density at radius 1 is 1.35 bits per heavy atom. The van der Waals surface area contributed by atoms with Crippen molar-refractivity contribution >= 4 is 35.3 Å². The summed E-state index contributed by atoms with van der Waals surface area (Å²) >= 11 is 1.69. The molecule has 0 atom stereocenters. The summed E-state index contributed by atoms with van der Waals surface area (Å²) in [5.41, 5.74) is 4.44. The van der Waals surface area contributed by atoms with Gasteiger partial charge in [-0.15, -0.1) is 12.4 Å². The second-order valence-corrected chi connectivity index (χ2v) is 5.47. The Balaban J connectivity index is 0.00000147. The van der Waals surface area contributed by atoms with Crippen LogP contribution in [0.4, 0.5) is 5.69 Å². The summed E-state index contributed by atoms with van der Waals surface area (Å²) in [4.78, 5) is 12.0. The number of carbonyl (C=O) groups is 1. The molecule has 0 bridgehead atoms. The molecule has 1 aromatic heterocycles. The smallest absolute Gasteiger partial charge is 0.251 e. The summed E-state index contributed by atoms with van der Waals surface area (Å²) < 4.78 is 0. The number of thiophene rings is 1. The van der Waals surface area contributed by atoms with Crippen LogP contribution >= 0.6 is 23.7 Å². The van der Waals surface area contributed by atoms with Gasteiger partial charge in [0.1, 0.15) is 0 Å². The molecule has 0 spiro atoms. The normalized spacial score (nSPS) is 12.2. The third-order valence-corrected chi connectivity index (χ3v) is 4.09. The van der Waals surface area contributed by atoms with Gasteiger partial charge >= 0.3 is 0 Å². The van der Waals surface area contributed by atoms with E-state index >= 15 is 0 Å². The van der Waals surface area contributed by atoms with Crippen molar-refractivity contribution in [1.82, 2.24) is 5.32 Å². The Morgan fingerprint density at radius 2 is 2.25 bits per heavy atom. The Hall–Kier alpha value is -1.52. The highest BCUT2D eigenvalue weighted by molar-refractivity contribution is 7.07. The monoisotopic (exact) mass is 308 g/mol. The van der Waals surface area contributed by atoms with E-state index in [1.165, 1.54) is 11.1 Å². The zero-order valence-corrected chi connectivity index (χ0v) is 12.7. The minimum Gasteiger partial charge on any atom is -0.384 e. The van der Waals surface area contributed by atoms with E-state index in [-0.39, 0.29) is 18.3 Å². The summed E-state index contributed by atoms with van der Waals surface area (Å²) in [6.07, 6.45) is 1.90. The molecule has 2 heterocycles. The number of nitrogens with one attached hydrogen (secondary N) is 2. The van der Waals surface area contributed by atoms with Gasteiger partial charge in [-0.1, -0.05) is 0 Å². The molecule has 0 unspecified atom stereocenters. The minimum absolute atomic E-state index is 0. The minimum atomic E-state index is 0. The van der Waals surface area contributed by atoms with E-state index in [0.29, 0.717) is 6.54 Å². The van der Waals surface area contributed by atoms with Crippen LogP contribution in [0.2, 0.25) is 0 Å². The highest BCUT2D eigenvalue weighted by Crippen LogP contribution is 2.22.